The van der Waals surface area contributed by atoms with Crippen LogP contribution in [0.4, 0.5) is 13.2 Å². The minimum absolute atomic E-state index is 0.203. The van der Waals surface area contributed by atoms with Crippen molar-refractivity contribution in [3.63, 3.8) is 0 Å². The number of rotatable bonds is 3. The number of aryl methyl sites for hydroxylation is 1. The molecule has 3 nitrogen and oxygen atoms in total. The number of Topliss-reactive ketones (excluding diaryl/α,β-unsaturated/α-hetero) is 1. The Hall–Kier alpha value is -1.33. The molecule has 0 aliphatic heterocycles. The summed E-state index contributed by atoms with van der Waals surface area (Å²) in [5.74, 6) is -0.540. The molecule has 0 fully saturated rings. The van der Waals surface area contributed by atoms with E-state index < -0.39 is 24.8 Å². The topological polar surface area (TPSA) is 34.9 Å². The SMILES string of the molecule is Cn1nccc1C(=O)CCC(F)(F)F. The summed E-state index contributed by atoms with van der Waals surface area (Å²) in [5, 5.41) is 3.70. The highest BCUT2D eigenvalue weighted by molar-refractivity contribution is 5.94. The number of hydrogen-bond donors (Lipinski definition) is 0. The maximum atomic E-state index is 11.8. The first kappa shape index (κ1) is 10.7. The van der Waals surface area contributed by atoms with Crippen LogP contribution < -0.4 is 0 Å². The maximum Gasteiger partial charge on any atom is 0.389 e. The number of nitrogens with zero attached hydrogens (tertiary/aromatic N) is 2. The quantitative estimate of drug-likeness (QED) is 0.708. The van der Waals surface area contributed by atoms with Crippen molar-refractivity contribution in [2.24, 2.45) is 7.05 Å². The molecule has 0 aliphatic rings. The molecular formula is C8H9F3N2O. The molecule has 1 heterocycles. The van der Waals surface area contributed by atoms with Crippen molar-refractivity contribution in [2.75, 3.05) is 0 Å². The van der Waals surface area contributed by atoms with Crippen LogP contribution >= 0.6 is 0 Å². The van der Waals surface area contributed by atoms with E-state index in [0.717, 1.165) is 0 Å². The van der Waals surface area contributed by atoms with Gasteiger partial charge >= 0.3 is 6.18 Å². The van der Waals surface area contributed by atoms with Crippen molar-refractivity contribution < 1.29 is 18.0 Å². The third kappa shape index (κ3) is 2.86. The van der Waals surface area contributed by atoms with Crippen LogP contribution in [0.25, 0.3) is 0 Å². The van der Waals surface area contributed by atoms with E-state index >= 15 is 0 Å². The molecule has 6 heteroatoms. The molecule has 14 heavy (non-hydrogen) atoms. The number of alkyl halides is 3. The third-order valence-corrected chi connectivity index (χ3v) is 1.74. The zero-order valence-corrected chi connectivity index (χ0v) is 7.51. The van der Waals surface area contributed by atoms with Gasteiger partial charge in [-0.15, -0.1) is 0 Å². The predicted molar refractivity (Wildman–Crippen MR) is 42.8 cm³/mol. The van der Waals surface area contributed by atoms with Gasteiger partial charge in [-0.1, -0.05) is 0 Å². The van der Waals surface area contributed by atoms with Crippen molar-refractivity contribution in [3.05, 3.63) is 18.0 Å². The second-order valence-electron chi connectivity index (χ2n) is 2.88. The van der Waals surface area contributed by atoms with E-state index in [9.17, 15) is 18.0 Å². The average molecular weight is 206 g/mol. The van der Waals surface area contributed by atoms with Gasteiger partial charge in [0.15, 0.2) is 5.78 Å². The Morgan fingerprint density at radius 2 is 2.21 bits per heavy atom. The van der Waals surface area contributed by atoms with E-state index in [2.05, 4.69) is 5.10 Å². The van der Waals surface area contributed by atoms with E-state index in [0.29, 0.717) is 0 Å². The summed E-state index contributed by atoms with van der Waals surface area (Å²) >= 11 is 0. The molecule has 0 aliphatic carbocycles. The summed E-state index contributed by atoms with van der Waals surface area (Å²) in [6.45, 7) is 0. The van der Waals surface area contributed by atoms with Gasteiger partial charge in [0, 0.05) is 19.7 Å². The minimum atomic E-state index is -4.28. The lowest BCUT2D eigenvalue weighted by molar-refractivity contribution is -0.133. The molecule has 1 rings (SSSR count). The number of halogens is 3. The van der Waals surface area contributed by atoms with Gasteiger partial charge in [0.1, 0.15) is 5.69 Å². The monoisotopic (exact) mass is 206 g/mol. The first-order chi connectivity index (χ1) is 6.40. The minimum Gasteiger partial charge on any atom is -0.292 e. The molecule has 0 N–H and O–H groups in total. The maximum absolute atomic E-state index is 11.8. The zero-order valence-electron chi connectivity index (χ0n) is 7.51. The molecular weight excluding hydrogens is 197 g/mol. The van der Waals surface area contributed by atoms with Crippen LogP contribution in [0.2, 0.25) is 0 Å². The Kier molecular flexibility index (Phi) is 2.93. The van der Waals surface area contributed by atoms with Crippen LogP contribution in [0.1, 0.15) is 23.3 Å². The van der Waals surface area contributed by atoms with Gasteiger partial charge < -0.3 is 0 Å². The summed E-state index contributed by atoms with van der Waals surface area (Å²) < 4.78 is 36.6. The van der Waals surface area contributed by atoms with Gasteiger partial charge in [-0.2, -0.15) is 18.3 Å². The standard InChI is InChI=1S/C8H9F3N2O/c1-13-6(3-5-12-13)7(14)2-4-8(9,10)11/h3,5H,2,4H2,1H3. The van der Waals surface area contributed by atoms with E-state index in [1.165, 1.54) is 24.0 Å². The highest BCUT2D eigenvalue weighted by Crippen LogP contribution is 2.22. The molecule has 0 atom stereocenters. The Morgan fingerprint density at radius 1 is 1.57 bits per heavy atom. The summed E-state index contributed by atoms with van der Waals surface area (Å²) in [7, 11) is 1.51. The summed E-state index contributed by atoms with van der Waals surface area (Å²) in [6.07, 6.45) is -4.52. The van der Waals surface area contributed by atoms with Crippen LogP contribution in [0.15, 0.2) is 12.3 Å². The van der Waals surface area contributed by atoms with Gasteiger partial charge in [-0.05, 0) is 6.07 Å². The molecule has 0 aromatic carbocycles. The molecule has 1 aromatic rings. The first-order valence-corrected chi connectivity index (χ1v) is 3.98. The molecule has 1 aromatic heterocycles. The Labute approximate surface area is 78.5 Å². The molecule has 0 spiro atoms. The molecule has 0 bridgehead atoms. The Balaban J connectivity index is 2.56. The average Bonchev–Trinajstić information content (AvgIpc) is 2.46. The predicted octanol–water partition coefficient (Wildman–Crippen LogP) is 1.95. The molecule has 0 radical (unpaired) electrons. The van der Waals surface area contributed by atoms with Gasteiger partial charge in [-0.25, -0.2) is 0 Å². The van der Waals surface area contributed by atoms with Gasteiger partial charge in [0.05, 0.1) is 6.42 Å². The lowest BCUT2D eigenvalue weighted by Gasteiger charge is -2.05. The molecule has 0 amide bonds. The smallest absolute Gasteiger partial charge is 0.292 e. The number of ketones is 1. The highest BCUT2D eigenvalue weighted by atomic mass is 19.4. The summed E-state index contributed by atoms with van der Waals surface area (Å²) in [6, 6.07) is 1.40. The normalized spacial score (nSPS) is 11.7. The molecule has 0 saturated carbocycles. The molecule has 0 saturated heterocycles. The van der Waals surface area contributed by atoms with Crippen LogP contribution in [-0.2, 0) is 7.05 Å². The molecule has 0 unspecified atom stereocenters. The van der Waals surface area contributed by atoms with Crippen LogP contribution in [0.5, 0.6) is 0 Å². The number of carbonyl (C=O) groups excluding carboxylic acids is 1. The van der Waals surface area contributed by atoms with E-state index in [1.54, 1.807) is 0 Å². The summed E-state index contributed by atoms with van der Waals surface area (Å²) in [5.41, 5.74) is 0.203. The van der Waals surface area contributed by atoms with E-state index in [1.807, 2.05) is 0 Å². The van der Waals surface area contributed by atoms with Crippen LogP contribution in [-0.4, -0.2) is 21.7 Å². The van der Waals surface area contributed by atoms with Gasteiger partial charge in [0.2, 0.25) is 0 Å². The lowest BCUT2D eigenvalue weighted by atomic mass is 10.1. The fourth-order valence-electron chi connectivity index (χ4n) is 1.03. The van der Waals surface area contributed by atoms with Crippen LogP contribution in [0.3, 0.4) is 0 Å². The van der Waals surface area contributed by atoms with Crippen molar-refractivity contribution >= 4 is 5.78 Å². The zero-order chi connectivity index (χ0) is 10.8. The van der Waals surface area contributed by atoms with Crippen molar-refractivity contribution in [2.45, 2.75) is 19.0 Å². The first-order valence-electron chi connectivity index (χ1n) is 3.98. The lowest BCUT2D eigenvalue weighted by Crippen LogP contribution is -2.13. The van der Waals surface area contributed by atoms with Crippen molar-refractivity contribution in [3.8, 4) is 0 Å². The van der Waals surface area contributed by atoms with Crippen molar-refractivity contribution in [1.82, 2.24) is 9.78 Å². The number of hydrogen-bond acceptors (Lipinski definition) is 2. The number of carbonyl (C=O) groups is 1. The highest BCUT2D eigenvalue weighted by Gasteiger charge is 2.28. The van der Waals surface area contributed by atoms with Gasteiger partial charge in [0.25, 0.3) is 0 Å². The van der Waals surface area contributed by atoms with Crippen molar-refractivity contribution in [1.29, 1.82) is 0 Å². The second kappa shape index (κ2) is 3.81. The second-order valence-corrected chi connectivity index (χ2v) is 2.88. The van der Waals surface area contributed by atoms with Gasteiger partial charge in [-0.3, -0.25) is 9.48 Å². The van der Waals surface area contributed by atoms with E-state index in [4.69, 9.17) is 0 Å². The fraction of sp³-hybridized carbons (Fsp3) is 0.500. The summed E-state index contributed by atoms with van der Waals surface area (Å²) in [4.78, 5) is 11.2. The van der Waals surface area contributed by atoms with Crippen LogP contribution in [0, 0.1) is 0 Å². The van der Waals surface area contributed by atoms with E-state index in [-0.39, 0.29) is 5.69 Å². The fourth-order valence-corrected chi connectivity index (χ4v) is 1.03. The Bertz CT molecular complexity index is 330. The third-order valence-electron chi connectivity index (χ3n) is 1.74. The molecule has 78 valence electrons. The Morgan fingerprint density at radius 3 is 2.64 bits per heavy atom. The largest absolute Gasteiger partial charge is 0.389 e. The number of aromatic nitrogens is 2.